The van der Waals surface area contributed by atoms with E-state index in [1.807, 2.05) is 13.0 Å². The number of hydrogen-bond donors (Lipinski definition) is 3. The fraction of sp³-hybridized carbons (Fsp3) is 0.900. The number of aliphatic hydroxyl groups is 3. The molecular weight excluding hydrogens is 288 g/mol. The Morgan fingerprint density at radius 3 is 2.39 bits per heavy atom. The van der Waals surface area contributed by atoms with Crippen LogP contribution >= 0.6 is 0 Å². The smallest absolute Gasteiger partial charge is 0.0653 e. The van der Waals surface area contributed by atoms with Gasteiger partial charge in [0.15, 0.2) is 0 Å². The summed E-state index contributed by atoms with van der Waals surface area (Å²) in [6.45, 7) is 10.9. The third kappa shape index (κ3) is 3.38. The van der Waals surface area contributed by atoms with Gasteiger partial charge < -0.3 is 15.3 Å². The Kier molecular flexibility index (Phi) is 5.35. The maximum absolute atomic E-state index is 11.1. The van der Waals surface area contributed by atoms with Gasteiger partial charge in [-0.3, -0.25) is 0 Å². The van der Waals surface area contributed by atoms with E-state index >= 15 is 0 Å². The summed E-state index contributed by atoms with van der Waals surface area (Å²) in [6, 6.07) is 0. The molecule has 23 heavy (non-hydrogen) atoms. The molecule has 0 aliphatic heterocycles. The van der Waals surface area contributed by atoms with Crippen LogP contribution in [0.3, 0.4) is 0 Å². The molecule has 0 unspecified atom stereocenters. The van der Waals surface area contributed by atoms with E-state index < -0.39 is 5.60 Å². The summed E-state index contributed by atoms with van der Waals surface area (Å²) in [5.74, 6) is 0.689. The number of hydrogen-bond acceptors (Lipinski definition) is 3. The largest absolute Gasteiger partial charge is 0.393 e. The summed E-state index contributed by atoms with van der Waals surface area (Å²) >= 11 is 0. The fourth-order valence-corrected chi connectivity index (χ4v) is 5.79. The normalized spacial score (nSPS) is 44.0. The first-order valence-corrected chi connectivity index (χ1v) is 9.22. The highest BCUT2D eigenvalue weighted by molar-refractivity contribution is 5.10. The van der Waals surface area contributed by atoms with Gasteiger partial charge in [-0.15, -0.1) is 0 Å². The molecule has 2 fully saturated rings. The molecule has 0 aromatic carbocycles. The van der Waals surface area contributed by atoms with Gasteiger partial charge in [0.2, 0.25) is 0 Å². The van der Waals surface area contributed by atoms with Crippen molar-refractivity contribution in [2.24, 2.45) is 22.7 Å². The average Bonchev–Trinajstić information content (AvgIpc) is 2.42. The van der Waals surface area contributed by atoms with Gasteiger partial charge in [0.05, 0.1) is 18.3 Å². The van der Waals surface area contributed by atoms with Crippen molar-refractivity contribution in [2.45, 2.75) is 84.8 Å². The lowest BCUT2D eigenvalue weighted by Gasteiger charge is -2.62. The Morgan fingerprint density at radius 1 is 1.13 bits per heavy atom. The maximum Gasteiger partial charge on any atom is 0.0653 e. The second-order valence-electron chi connectivity index (χ2n) is 9.15. The molecule has 2 aliphatic rings. The van der Waals surface area contributed by atoms with Crippen molar-refractivity contribution in [3.8, 4) is 0 Å². The Morgan fingerprint density at radius 2 is 1.78 bits per heavy atom. The van der Waals surface area contributed by atoms with Crippen molar-refractivity contribution in [1.29, 1.82) is 0 Å². The van der Waals surface area contributed by atoms with Crippen LogP contribution in [0.5, 0.6) is 0 Å². The lowest BCUT2D eigenvalue weighted by Crippen LogP contribution is -2.60. The molecule has 3 heteroatoms. The van der Waals surface area contributed by atoms with Crippen molar-refractivity contribution < 1.29 is 15.3 Å². The Bertz CT molecular complexity index is 452. The first kappa shape index (κ1) is 19.0. The second kappa shape index (κ2) is 6.50. The Labute approximate surface area is 141 Å². The Balaban J connectivity index is 2.28. The molecule has 0 saturated heterocycles. The van der Waals surface area contributed by atoms with E-state index in [-0.39, 0.29) is 29.5 Å². The number of allylic oxidation sites excluding steroid dienone is 1. The molecule has 0 radical (unpaired) electrons. The molecule has 0 heterocycles. The SMILES string of the molecule is C/C(=C\CO)CC[C@@H]1[C@@]2(C)CC[C@H](O)C(C)(C)[C@@H]2CC[C@]1(C)O. The second-order valence-corrected chi connectivity index (χ2v) is 9.15. The zero-order valence-corrected chi connectivity index (χ0v) is 15.6. The monoisotopic (exact) mass is 324 g/mol. The molecule has 0 aromatic rings. The van der Waals surface area contributed by atoms with Crippen LogP contribution in [0, 0.1) is 22.7 Å². The van der Waals surface area contributed by atoms with Gasteiger partial charge in [0.1, 0.15) is 0 Å². The van der Waals surface area contributed by atoms with Crippen molar-refractivity contribution >= 4 is 0 Å². The molecule has 3 N–H and O–H groups in total. The van der Waals surface area contributed by atoms with E-state index in [2.05, 4.69) is 27.7 Å². The predicted octanol–water partition coefficient (Wildman–Crippen LogP) is 3.67. The number of aliphatic hydroxyl groups excluding tert-OH is 2. The fourth-order valence-electron chi connectivity index (χ4n) is 5.79. The molecule has 2 rings (SSSR count). The van der Waals surface area contributed by atoms with E-state index in [0.717, 1.165) is 38.5 Å². The molecule has 2 aliphatic carbocycles. The third-order valence-electron chi connectivity index (χ3n) is 7.26. The lowest BCUT2D eigenvalue weighted by molar-refractivity contribution is -0.195. The van der Waals surface area contributed by atoms with Crippen LogP contribution in [0.4, 0.5) is 0 Å². The van der Waals surface area contributed by atoms with E-state index in [9.17, 15) is 10.2 Å². The highest BCUT2D eigenvalue weighted by atomic mass is 16.3. The molecule has 2 saturated carbocycles. The molecule has 0 amide bonds. The summed E-state index contributed by atoms with van der Waals surface area (Å²) in [4.78, 5) is 0. The minimum absolute atomic E-state index is 0.0734. The molecular formula is C20H36O3. The first-order chi connectivity index (χ1) is 10.6. The quantitative estimate of drug-likeness (QED) is 0.692. The van der Waals surface area contributed by atoms with Gasteiger partial charge in [-0.05, 0) is 75.0 Å². The first-order valence-electron chi connectivity index (χ1n) is 9.22. The van der Waals surface area contributed by atoms with Crippen molar-refractivity contribution in [3.05, 3.63) is 11.6 Å². The van der Waals surface area contributed by atoms with Crippen LogP contribution in [-0.4, -0.2) is 33.6 Å². The van der Waals surface area contributed by atoms with Gasteiger partial charge in [0.25, 0.3) is 0 Å². The van der Waals surface area contributed by atoms with Crippen LogP contribution in [0.1, 0.15) is 73.1 Å². The van der Waals surface area contributed by atoms with Crippen molar-refractivity contribution in [2.75, 3.05) is 6.61 Å². The van der Waals surface area contributed by atoms with Gasteiger partial charge in [-0.1, -0.05) is 32.4 Å². The van der Waals surface area contributed by atoms with Crippen molar-refractivity contribution in [3.63, 3.8) is 0 Å². The molecule has 5 atom stereocenters. The zero-order valence-electron chi connectivity index (χ0n) is 15.6. The third-order valence-corrected chi connectivity index (χ3v) is 7.26. The molecule has 0 bridgehead atoms. The zero-order chi connectivity index (χ0) is 17.5. The molecule has 0 aromatic heterocycles. The van der Waals surface area contributed by atoms with Crippen LogP contribution in [0.15, 0.2) is 11.6 Å². The summed E-state index contributed by atoms with van der Waals surface area (Å²) in [6.07, 6.45) is 7.14. The predicted molar refractivity (Wildman–Crippen MR) is 94.0 cm³/mol. The molecule has 0 spiro atoms. The van der Waals surface area contributed by atoms with E-state index in [4.69, 9.17) is 5.11 Å². The summed E-state index contributed by atoms with van der Waals surface area (Å²) in [7, 11) is 0. The Hall–Kier alpha value is -0.380. The van der Waals surface area contributed by atoms with Gasteiger partial charge in [-0.25, -0.2) is 0 Å². The highest BCUT2D eigenvalue weighted by Crippen LogP contribution is 2.62. The standard InChI is InChI=1S/C20H36O3/c1-14(10-13-21)6-7-16-19(4)11-9-17(22)18(2,3)15(19)8-12-20(16,5)23/h10,15-17,21-23H,6-9,11-13H2,1-5H3/b14-10+/t15-,16+,17-,19-,20-/m0/s1. The number of rotatable bonds is 4. The topological polar surface area (TPSA) is 60.7 Å². The van der Waals surface area contributed by atoms with E-state index in [0.29, 0.717) is 5.92 Å². The minimum Gasteiger partial charge on any atom is -0.393 e. The summed E-state index contributed by atoms with van der Waals surface area (Å²) in [5.41, 5.74) is 0.550. The minimum atomic E-state index is -0.636. The van der Waals surface area contributed by atoms with Gasteiger partial charge >= 0.3 is 0 Å². The van der Waals surface area contributed by atoms with Crippen LogP contribution in [0.25, 0.3) is 0 Å². The van der Waals surface area contributed by atoms with E-state index in [1.54, 1.807) is 0 Å². The lowest BCUT2D eigenvalue weighted by atomic mass is 9.44. The van der Waals surface area contributed by atoms with Crippen molar-refractivity contribution in [1.82, 2.24) is 0 Å². The van der Waals surface area contributed by atoms with Crippen LogP contribution in [-0.2, 0) is 0 Å². The van der Waals surface area contributed by atoms with E-state index in [1.165, 1.54) is 5.57 Å². The molecule has 3 nitrogen and oxygen atoms in total. The van der Waals surface area contributed by atoms with Gasteiger partial charge in [-0.2, -0.15) is 0 Å². The molecule has 134 valence electrons. The maximum atomic E-state index is 11.1. The van der Waals surface area contributed by atoms with Crippen LogP contribution < -0.4 is 0 Å². The summed E-state index contributed by atoms with van der Waals surface area (Å²) < 4.78 is 0. The highest BCUT2D eigenvalue weighted by Gasteiger charge is 2.59. The van der Waals surface area contributed by atoms with Crippen LogP contribution in [0.2, 0.25) is 0 Å². The number of fused-ring (bicyclic) bond motifs is 1. The van der Waals surface area contributed by atoms with Gasteiger partial charge in [0, 0.05) is 0 Å². The summed E-state index contributed by atoms with van der Waals surface area (Å²) in [5, 5.41) is 30.6. The average molecular weight is 325 g/mol.